The molecular formula is C31H28N2O4S. The molecule has 0 unspecified atom stereocenters. The number of ether oxygens (including phenoxy) is 2. The van der Waals surface area contributed by atoms with E-state index in [4.69, 9.17) is 9.47 Å². The van der Waals surface area contributed by atoms with Gasteiger partial charge in [0.25, 0.3) is 5.91 Å². The van der Waals surface area contributed by atoms with E-state index in [0.29, 0.717) is 22.7 Å². The molecule has 0 radical (unpaired) electrons. The number of nitrogens with one attached hydrogen (secondary N) is 1. The maximum Gasteiger partial charge on any atom is 0.255 e. The van der Waals surface area contributed by atoms with Crippen LogP contribution in [0.2, 0.25) is 0 Å². The van der Waals surface area contributed by atoms with Crippen molar-refractivity contribution in [1.82, 2.24) is 0 Å². The molecule has 4 aromatic rings. The first kappa shape index (κ1) is 25.4. The third-order valence-corrected chi connectivity index (χ3v) is 7.46. The molecule has 0 fully saturated rings. The van der Waals surface area contributed by atoms with Crippen molar-refractivity contribution in [3.05, 3.63) is 108 Å². The number of amides is 2. The highest BCUT2D eigenvalue weighted by Gasteiger charge is 2.25. The molecular weight excluding hydrogens is 496 g/mol. The van der Waals surface area contributed by atoms with Gasteiger partial charge in [0.15, 0.2) is 11.5 Å². The highest BCUT2D eigenvalue weighted by molar-refractivity contribution is 8.00. The standard InChI is InChI=1S/C31H28N2O4S/c1-36-28-17-16-23(18-29(28)37-2)31(35)32-24-10-7-11-25(19-24)38-20-30(34)33-26-12-5-3-8-21(26)14-15-22-9-4-6-13-27(22)33/h3-13,16-19H,14-15,20H2,1-2H3,(H,32,35). The molecule has 7 heteroatoms. The Labute approximate surface area is 226 Å². The topological polar surface area (TPSA) is 67.9 Å². The molecule has 0 bridgehead atoms. The maximum absolute atomic E-state index is 13.6. The number of hydrogen-bond acceptors (Lipinski definition) is 5. The fourth-order valence-electron chi connectivity index (χ4n) is 4.60. The van der Waals surface area contributed by atoms with Crippen molar-refractivity contribution in [3.8, 4) is 11.5 Å². The fraction of sp³-hybridized carbons (Fsp3) is 0.161. The van der Waals surface area contributed by atoms with Gasteiger partial charge in [0.1, 0.15) is 0 Å². The molecule has 1 aliphatic rings. The zero-order valence-corrected chi connectivity index (χ0v) is 22.1. The van der Waals surface area contributed by atoms with E-state index in [0.717, 1.165) is 29.1 Å². The molecule has 1 aliphatic heterocycles. The van der Waals surface area contributed by atoms with Crippen molar-refractivity contribution >= 4 is 40.6 Å². The van der Waals surface area contributed by atoms with Crippen LogP contribution in [0.3, 0.4) is 0 Å². The van der Waals surface area contributed by atoms with E-state index in [2.05, 4.69) is 17.4 Å². The number of nitrogens with zero attached hydrogens (tertiary/aromatic N) is 1. The van der Waals surface area contributed by atoms with Gasteiger partial charge in [-0.25, -0.2) is 0 Å². The van der Waals surface area contributed by atoms with E-state index in [1.54, 1.807) is 25.3 Å². The minimum atomic E-state index is -0.262. The van der Waals surface area contributed by atoms with Crippen molar-refractivity contribution in [3.63, 3.8) is 0 Å². The minimum Gasteiger partial charge on any atom is -0.493 e. The molecule has 2 amide bonds. The number of benzene rings is 4. The quantitative estimate of drug-likeness (QED) is 0.279. The van der Waals surface area contributed by atoms with Crippen LogP contribution in [0.5, 0.6) is 11.5 Å². The molecule has 0 saturated carbocycles. The van der Waals surface area contributed by atoms with Gasteiger partial charge in [0.05, 0.1) is 31.3 Å². The predicted octanol–water partition coefficient (Wildman–Crippen LogP) is 6.51. The van der Waals surface area contributed by atoms with Crippen molar-refractivity contribution < 1.29 is 19.1 Å². The lowest BCUT2D eigenvalue weighted by Crippen LogP contribution is -2.28. The van der Waals surface area contributed by atoms with Gasteiger partial charge in [-0.2, -0.15) is 0 Å². The first-order valence-electron chi connectivity index (χ1n) is 12.3. The number of fused-ring (bicyclic) bond motifs is 2. The molecule has 1 heterocycles. The zero-order valence-electron chi connectivity index (χ0n) is 21.3. The molecule has 38 heavy (non-hydrogen) atoms. The summed E-state index contributed by atoms with van der Waals surface area (Å²) in [4.78, 5) is 29.2. The highest BCUT2D eigenvalue weighted by atomic mass is 32.2. The summed E-state index contributed by atoms with van der Waals surface area (Å²) in [6, 6.07) is 28.8. The summed E-state index contributed by atoms with van der Waals surface area (Å²) in [5, 5.41) is 2.93. The number of anilines is 3. The first-order chi connectivity index (χ1) is 18.6. The largest absolute Gasteiger partial charge is 0.493 e. The van der Waals surface area contributed by atoms with E-state index in [-0.39, 0.29) is 17.6 Å². The van der Waals surface area contributed by atoms with Crippen molar-refractivity contribution in [1.29, 1.82) is 0 Å². The molecule has 4 aromatic carbocycles. The lowest BCUT2D eigenvalue weighted by Gasteiger charge is -2.25. The Kier molecular flexibility index (Phi) is 7.65. The number of aryl methyl sites for hydroxylation is 2. The number of carbonyl (C=O) groups is 2. The van der Waals surface area contributed by atoms with E-state index in [9.17, 15) is 9.59 Å². The Hall–Kier alpha value is -4.23. The smallest absolute Gasteiger partial charge is 0.255 e. The van der Waals surface area contributed by atoms with Crippen LogP contribution in [-0.4, -0.2) is 31.8 Å². The van der Waals surface area contributed by atoms with Crippen molar-refractivity contribution in [2.75, 3.05) is 30.2 Å². The van der Waals surface area contributed by atoms with E-state index in [1.165, 1.54) is 30.0 Å². The first-order valence-corrected chi connectivity index (χ1v) is 13.3. The van der Waals surface area contributed by atoms with E-state index >= 15 is 0 Å². The van der Waals surface area contributed by atoms with Crippen LogP contribution >= 0.6 is 11.8 Å². The molecule has 192 valence electrons. The van der Waals surface area contributed by atoms with Crippen LogP contribution in [0.25, 0.3) is 0 Å². The summed E-state index contributed by atoms with van der Waals surface area (Å²) in [5.74, 6) is 1.05. The van der Waals surface area contributed by atoms with Gasteiger partial charge in [0.2, 0.25) is 5.91 Å². The zero-order chi connectivity index (χ0) is 26.5. The van der Waals surface area contributed by atoms with Gasteiger partial charge in [-0.3, -0.25) is 14.5 Å². The van der Waals surface area contributed by atoms with Crippen LogP contribution in [0, 0.1) is 0 Å². The Morgan fingerprint density at radius 2 is 1.45 bits per heavy atom. The van der Waals surface area contributed by atoms with E-state index in [1.807, 2.05) is 65.6 Å². The van der Waals surface area contributed by atoms with Crippen molar-refractivity contribution in [2.45, 2.75) is 17.7 Å². The number of carbonyl (C=O) groups excluding carboxylic acids is 2. The fourth-order valence-corrected chi connectivity index (χ4v) is 5.41. The SMILES string of the molecule is COc1ccc(C(=O)Nc2cccc(SCC(=O)N3c4ccccc4CCc4ccccc43)c2)cc1OC. The summed E-state index contributed by atoms with van der Waals surface area (Å²) in [6.07, 6.45) is 1.79. The molecule has 0 aromatic heterocycles. The number of para-hydroxylation sites is 2. The number of rotatable bonds is 7. The highest BCUT2D eigenvalue weighted by Crippen LogP contribution is 2.37. The van der Waals surface area contributed by atoms with Crippen LogP contribution in [0.4, 0.5) is 17.1 Å². The van der Waals surface area contributed by atoms with Crippen LogP contribution in [0.1, 0.15) is 21.5 Å². The lowest BCUT2D eigenvalue weighted by atomic mass is 10.0. The Morgan fingerprint density at radius 1 is 0.789 bits per heavy atom. The average Bonchev–Trinajstić information content (AvgIpc) is 3.12. The van der Waals surface area contributed by atoms with Gasteiger partial charge in [0, 0.05) is 16.1 Å². The van der Waals surface area contributed by atoms with Crippen LogP contribution < -0.4 is 19.7 Å². The van der Waals surface area contributed by atoms with Crippen LogP contribution in [-0.2, 0) is 17.6 Å². The second-order valence-corrected chi connectivity index (χ2v) is 9.88. The van der Waals surface area contributed by atoms with Gasteiger partial charge in [-0.15, -0.1) is 11.8 Å². The molecule has 0 saturated heterocycles. The third kappa shape index (κ3) is 5.38. The molecule has 0 aliphatic carbocycles. The summed E-state index contributed by atoms with van der Waals surface area (Å²) in [5.41, 5.74) is 5.32. The molecule has 6 nitrogen and oxygen atoms in total. The Bertz CT molecular complexity index is 1440. The minimum absolute atomic E-state index is 0.0107. The molecule has 1 N–H and O–H groups in total. The Morgan fingerprint density at radius 3 is 2.11 bits per heavy atom. The third-order valence-electron chi connectivity index (χ3n) is 6.48. The number of thioether (sulfide) groups is 1. The molecule has 0 atom stereocenters. The summed E-state index contributed by atoms with van der Waals surface area (Å²) < 4.78 is 10.6. The second-order valence-electron chi connectivity index (χ2n) is 8.83. The summed E-state index contributed by atoms with van der Waals surface area (Å²) in [6.45, 7) is 0. The summed E-state index contributed by atoms with van der Waals surface area (Å²) in [7, 11) is 3.08. The normalized spacial score (nSPS) is 12.1. The summed E-state index contributed by atoms with van der Waals surface area (Å²) >= 11 is 1.45. The Balaban J connectivity index is 1.31. The second kappa shape index (κ2) is 11.4. The van der Waals surface area contributed by atoms with Gasteiger partial charge < -0.3 is 14.8 Å². The van der Waals surface area contributed by atoms with Gasteiger partial charge in [-0.05, 0) is 72.5 Å². The maximum atomic E-state index is 13.6. The number of methoxy groups -OCH3 is 2. The van der Waals surface area contributed by atoms with Crippen molar-refractivity contribution in [2.24, 2.45) is 0 Å². The van der Waals surface area contributed by atoms with Crippen LogP contribution in [0.15, 0.2) is 95.9 Å². The van der Waals surface area contributed by atoms with Gasteiger partial charge >= 0.3 is 0 Å². The number of hydrogen-bond donors (Lipinski definition) is 1. The molecule has 0 spiro atoms. The monoisotopic (exact) mass is 524 g/mol. The van der Waals surface area contributed by atoms with Gasteiger partial charge in [-0.1, -0.05) is 42.5 Å². The average molecular weight is 525 g/mol. The van der Waals surface area contributed by atoms with E-state index < -0.39 is 0 Å². The molecule has 5 rings (SSSR count). The predicted molar refractivity (Wildman–Crippen MR) is 152 cm³/mol. The lowest BCUT2D eigenvalue weighted by molar-refractivity contribution is -0.115.